The number of fused-ring (bicyclic) bond motifs is 1. The molecule has 0 amide bonds. The minimum absolute atomic E-state index is 0.810. The van der Waals surface area contributed by atoms with Crippen LogP contribution in [0.4, 0.5) is 0 Å². The van der Waals surface area contributed by atoms with Crippen LogP contribution in [-0.2, 0) is 0 Å². The lowest BCUT2D eigenvalue weighted by Crippen LogP contribution is -2.23. The highest BCUT2D eigenvalue weighted by Gasteiger charge is 2.33. The van der Waals surface area contributed by atoms with Crippen LogP contribution in [0.3, 0.4) is 0 Å². The molecule has 2 aliphatic heterocycles. The summed E-state index contributed by atoms with van der Waals surface area (Å²) >= 11 is 0. The van der Waals surface area contributed by atoms with E-state index in [1.165, 1.54) is 32.4 Å². The molecule has 2 heterocycles. The molecule has 0 aliphatic carbocycles. The molecule has 0 aromatic carbocycles. The van der Waals surface area contributed by atoms with Crippen molar-refractivity contribution >= 4 is 0 Å². The summed E-state index contributed by atoms with van der Waals surface area (Å²) in [7, 11) is 0. The van der Waals surface area contributed by atoms with E-state index < -0.39 is 0 Å². The van der Waals surface area contributed by atoms with Crippen molar-refractivity contribution in [3.8, 4) is 0 Å². The quantitative estimate of drug-likeness (QED) is 0.572. The smallest absolute Gasteiger partial charge is 0.00994 e. The zero-order chi connectivity index (χ0) is 6.97. The van der Waals surface area contributed by atoms with Gasteiger partial charge in [-0.1, -0.05) is 0 Å². The van der Waals surface area contributed by atoms with Crippen LogP contribution in [0.5, 0.6) is 0 Å². The number of nitrogens with two attached hydrogens (primary N) is 1. The van der Waals surface area contributed by atoms with Crippen molar-refractivity contribution < 1.29 is 0 Å². The lowest BCUT2D eigenvalue weighted by Gasteiger charge is -2.12. The minimum Gasteiger partial charge on any atom is -0.330 e. The SMILES string of the molecule is NC[C@@H]1C[C@H]2CCCN2C1. The first-order valence-corrected chi connectivity index (χ1v) is 4.34. The molecule has 2 atom stereocenters. The van der Waals surface area contributed by atoms with E-state index in [0.29, 0.717) is 0 Å². The van der Waals surface area contributed by atoms with Crippen molar-refractivity contribution in [2.24, 2.45) is 11.7 Å². The molecule has 58 valence electrons. The van der Waals surface area contributed by atoms with Gasteiger partial charge in [0.25, 0.3) is 0 Å². The normalized spacial score (nSPS) is 40.5. The fourth-order valence-corrected chi connectivity index (χ4v) is 2.36. The average Bonchev–Trinajstić information content (AvgIpc) is 2.42. The van der Waals surface area contributed by atoms with Gasteiger partial charge in [-0.25, -0.2) is 0 Å². The van der Waals surface area contributed by atoms with Gasteiger partial charge in [0.05, 0.1) is 0 Å². The third kappa shape index (κ3) is 0.956. The predicted molar refractivity (Wildman–Crippen MR) is 41.8 cm³/mol. The average molecular weight is 140 g/mol. The van der Waals surface area contributed by atoms with Gasteiger partial charge in [-0.3, -0.25) is 0 Å². The molecule has 2 aliphatic rings. The van der Waals surface area contributed by atoms with Crippen LogP contribution in [-0.4, -0.2) is 30.6 Å². The molecular formula is C8H16N2. The van der Waals surface area contributed by atoms with Crippen molar-refractivity contribution in [2.75, 3.05) is 19.6 Å². The van der Waals surface area contributed by atoms with Crippen LogP contribution in [0.15, 0.2) is 0 Å². The van der Waals surface area contributed by atoms with E-state index in [1.54, 1.807) is 0 Å². The van der Waals surface area contributed by atoms with E-state index in [1.807, 2.05) is 0 Å². The minimum atomic E-state index is 0.810. The first kappa shape index (κ1) is 6.62. The zero-order valence-electron chi connectivity index (χ0n) is 6.42. The summed E-state index contributed by atoms with van der Waals surface area (Å²) in [5.41, 5.74) is 5.61. The van der Waals surface area contributed by atoms with Crippen LogP contribution in [0.2, 0.25) is 0 Å². The zero-order valence-corrected chi connectivity index (χ0v) is 6.42. The summed E-state index contributed by atoms with van der Waals surface area (Å²) in [6.07, 6.45) is 4.22. The van der Waals surface area contributed by atoms with Gasteiger partial charge >= 0.3 is 0 Å². The van der Waals surface area contributed by atoms with Gasteiger partial charge in [-0.05, 0) is 38.3 Å². The largest absolute Gasteiger partial charge is 0.330 e. The van der Waals surface area contributed by atoms with E-state index in [9.17, 15) is 0 Å². The molecule has 0 radical (unpaired) electrons. The second-order valence-corrected chi connectivity index (χ2v) is 3.63. The summed E-state index contributed by atoms with van der Waals surface area (Å²) in [5, 5.41) is 0. The molecule has 0 unspecified atom stereocenters. The van der Waals surface area contributed by atoms with Gasteiger partial charge in [-0.15, -0.1) is 0 Å². The molecule has 2 nitrogen and oxygen atoms in total. The van der Waals surface area contributed by atoms with E-state index in [0.717, 1.165) is 18.5 Å². The second-order valence-electron chi connectivity index (χ2n) is 3.63. The monoisotopic (exact) mass is 140 g/mol. The summed E-state index contributed by atoms with van der Waals surface area (Å²) in [6.45, 7) is 3.51. The van der Waals surface area contributed by atoms with Crippen molar-refractivity contribution in [1.82, 2.24) is 4.90 Å². The number of hydrogen-bond acceptors (Lipinski definition) is 2. The summed E-state index contributed by atoms with van der Waals surface area (Å²) < 4.78 is 0. The Labute approximate surface area is 62.4 Å². The van der Waals surface area contributed by atoms with Gasteiger partial charge < -0.3 is 10.6 Å². The maximum absolute atomic E-state index is 5.61. The Morgan fingerprint density at radius 1 is 1.50 bits per heavy atom. The Morgan fingerprint density at radius 2 is 2.40 bits per heavy atom. The van der Waals surface area contributed by atoms with Crippen molar-refractivity contribution in [3.63, 3.8) is 0 Å². The second kappa shape index (κ2) is 2.51. The fourth-order valence-electron chi connectivity index (χ4n) is 2.36. The van der Waals surface area contributed by atoms with Crippen molar-refractivity contribution in [3.05, 3.63) is 0 Å². The van der Waals surface area contributed by atoms with E-state index in [-0.39, 0.29) is 0 Å². The number of nitrogens with zero attached hydrogens (tertiary/aromatic N) is 1. The number of hydrogen-bond donors (Lipinski definition) is 1. The van der Waals surface area contributed by atoms with Crippen molar-refractivity contribution in [2.45, 2.75) is 25.3 Å². The number of rotatable bonds is 1. The molecular weight excluding hydrogens is 124 g/mol. The molecule has 2 rings (SSSR count). The van der Waals surface area contributed by atoms with Gasteiger partial charge in [0.15, 0.2) is 0 Å². The highest BCUT2D eigenvalue weighted by Crippen LogP contribution is 2.30. The lowest BCUT2D eigenvalue weighted by molar-refractivity contribution is 0.318. The van der Waals surface area contributed by atoms with E-state index >= 15 is 0 Å². The van der Waals surface area contributed by atoms with Gasteiger partial charge in [-0.2, -0.15) is 0 Å². The van der Waals surface area contributed by atoms with Crippen LogP contribution in [0.1, 0.15) is 19.3 Å². The van der Waals surface area contributed by atoms with Crippen molar-refractivity contribution in [1.29, 1.82) is 0 Å². The predicted octanol–water partition coefficient (Wildman–Crippen LogP) is 0.429. The molecule has 0 saturated carbocycles. The van der Waals surface area contributed by atoms with Gasteiger partial charge in [0.2, 0.25) is 0 Å². The molecule has 0 bridgehead atoms. The van der Waals surface area contributed by atoms with E-state index in [2.05, 4.69) is 4.90 Å². The van der Waals surface area contributed by atoms with E-state index in [4.69, 9.17) is 5.73 Å². The molecule has 10 heavy (non-hydrogen) atoms. The molecule has 2 N–H and O–H groups in total. The third-order valence-corrected chi connectivity index (χ3v) is 2.93. The van der Waals surface area contributed by atoms with Crippen LogP contribution >= 0.6 is 0 Å². The molecule has 0 aromatic heterocycles. The molecule has 2 saturated heterocycles. The third-order valence-electron chi connectivity index (χ3n) is 2.93. The first-order chi connectivity index (χ1) is 4.90. The van der Waals surface area contributed by atoms with Crippen LogP contribution < -0.4 is 5.73 Å². The molecule has 0 spiro atoms. The summed E-state index contributed by atoms with van der Waals surface area (Å²) in [5.74, 6) is 0.810. The fraction of sp³-hybridized carbons (Fsp3) is 1.00. The highest BCUT2D eigenvalue weighted by molar-refractivity contribution is 4.89. The summed E-state index contributed by atoms with van der Waals surface area (Å²) in [6, 6.07) is 0.911. The topological polar surface area (TPSA) is 29.3 Å². The highest BCUT2D eigenvalue weighted by atomic mass is 15.2. The molecule has 2 fully saturated rings. The maximum Gasteiger partial charge on any atom is 0.00994 e. The maximum atomic E-state index is 5.61. The Balaban J connectivity index is 1.94. The molecule has 0 aromatic rings. The Hall–Kier alpha value is -0.0800. The first-order valence-electron chi connectivity index (χ1n) is 4.34. The standard InChI is InChI=1S/C8H16N2/c9-5-7-4-8-2-1-3-10(8)6-7/h7-8H,1-6,9H2/t7-,8+/m0/s1. The van der Waals surface area contributed by atoms with Gasteiger partial charge in [0.1, 0.15) is 0 Å². The molecule has 2 heteroatoms. The Kier molecular flexibility index (Phi) is 1.66. The van der Waals surface area contributed by atoms with Crippen LogP contribution in [0, 0.1) is 5.92 Å². The Morgan fingerprint density at radius 3 is 3.10 bits per heavy atom. The Bertz CT molecular complexity index is 112. The lowest BCUT2D eigenvalue weighted by atomic mass is 10.0. The van der Waals surface area contributed by atoms with Crippen LogP contribution in [0.25, 0.3) is 0 Å². The summed E-state index contributed by atoms with van der Waals surface area (Å²) in [4.78, 5) is 2.61. The van der Waals surface area contributed by atoms with Gasteiger partial charge in [0, 0.05) is 12.6 Å².